The van der Waals surface area contributed by atoms with Gasteiger partial charge in [0.2, 0.25) is 0 Å². The molecule has 0 unspecified atom stereocenters. The van der Waals surface area contributed by atoms with Crippen molar-refractivity contribution in [3.05, 3.63) is 17.0 Å². The number of nitrogens with zero attached hydrogens (tertiary/aromatic N) is 2. The van der Waals surface area contributed by atoms with E-state index in [1.807, 2.05) is 6.92 Å². The molecule has 70 valence electrons. The van der Waals surface area contributed by atoms with Crippen LogP contribution in [0.5, 0.6) is 0 Å². The summed E-state index contributed by atoms with van der Waals surface area (Å²) in [5.74, 6) is 0.879. The van der Waals surface area contributed by atoms with Crippen LogP contribution in [0.25, 0.3) is 0 Å². The molecule has 1 saturated carbocycles. The molecule has 13 heavy (non-hydrogen) atoms. The van der Waals surface area contributed by atoms with E-state index in [1.54, 1.807) is 0 Å². The summed E-state index contributed by atoms with van der Waals surface area (Å²) in [6, 6.07) is 0.588. The predicted molar refractivity (Wildman–Crippen MR) is 53.0 cm³/mol. The van der Waals surface area contributed by atoms with Gasteiger partial charge in [-0.3, -0.25) is 0 Å². The fourth-order valence-corrected chi connectivity index (χ4v) is 1.45. The summed E-state index contributed by atoms with van der Waals surface area (Å²) < 4.78 is 0. The van der Waals surface area contributed by atoms with E-state index in [4.69, 9.17) is 11.6 Å². The molecule has 0 spiro atoms. The average molecular weight is 198 g/mol. The molecule has 0 aromatic carbocycles. The first-order valence-corrected chi connectivity index (χ1v) is 4.89. The molecule has 0 bridgehead atoms. The molecule has 1 aromatic rings. The second-order valence-electron chi connectivity index (χ2n) is 3.41. The highest BCUT2D eigenvalue weighted by atomic mass is 35.5. The maximum Gasteiger partial charge on any atom is 0.137 e. The number of halogens is 1. The maximum absolute atomic E-state index is 5.87. The summed E-state index contributed by atoms with van der Waals surface area (Å²) >= 11 is 5.87. The Morgan fingerprint density at radius 3 is 2.85 bits per heavy atom. The highest BCUT2D eigenvalue weighted by Gasteiger charge is 2.18. The molecule has 0 amide bonds. The third kappa shape index (κ3) is 1.75. The molecule has 1 heterocycles. The fraction of sp³-hybridized carbons (Fsp3) is 0.556. The summed E-state index contributed by atoms with van der Waals surface area (Å²) in [5.41, 5.74) is 0.941. The minimum Gasteiger partial charge on any atom is -0.367 e. The Kier molecular flexibility index (Phi) is 2.36. The van der Waals surface area contributed by atoms with Gasteiger partial charge in [-0.25, -0.2) is 9.97 Å². The molecule has 0 aliphatic heterocycles. The van der Waals surface area contributed by atoms with Gasteiger partial charge in [0.15, 0.2) is 0 Å². The molecule has 0 radical (unpaired) electrons. The van der Waals surface area contributed by atoms with Crippen molar-refractivity contribution in [3.8, 4) is 0 Å². The smallest absolute Gasteiger partial charge is 0.137 e. The van der Waals surface area contributed by atoms with E-state index >= 15 is 0 Å². The van der Waals surface area contributed by atoms with E-state index in [0.717, 1.165) is 11.4 Å². The highest BCUT2D eigenvalue weighted by molar-refractivity contribution is 6.30. The summed E-state index contributed by atoms with van der Waals surface area (Å²) in [5, 5.41) is 3.89. The Bertz CT molecular complexity index is 310. The number of hydrogen-bond donors (Lipinski definition) is 1. The van der Waals surface area contributed by atoms with Gasteiger partial charge < -0.3 is 5.32 Å². The molecule has 1 N–H and O–H groups in total. The molecule has 1 fully saturated rings. The Labute approximate surface area is 82.5 Å². The molecular formula is C9H12ClN3. The second-order valence-corrected chi connectivity index (χ2v) is 3.77. The quantitative estimate of drug-likeness (QED) is 0.740. The van der Waals surface area contributed by atoms with Crippen molar-refractivity contribution in [1.29, 1.82) is 0 Å². The van der Waals surface area contributed by atoms with Crippen LogP contribution >= 0.6 is 11.6 Å². The van der Waals surface area contributed by atoms with Crippen molar-refractivity contribution >= 4 is 17.4 Å². The third-order valence-corrected chi connectivity index (χ3v) is 2.85. The van der Waals surface area contributed by atoms with Crippen LogP contribution in [-0.2, 0) is 0 Å². The molecule has 0 saturated heterocycles. The summed E-state index contributed by atoms with van der Waals surface area (Å²) in [6.45, 7) is 1.93. The van der Waals surface area contributed by atoms with Gasteiger partial charge in [0.05, 0.1) is 0 Å². The molecule has 1 aliphatic rings. The van der Waals surface area contributed by atoms with Crippen molar-refractivity contribution in [2.75, 3.05) is 5.32 Å². The lowest BCUT2D eigenvalue weighted by molar-refractivity contribution is 0.444. The van der Waals surface area contributed by atoms with E-state index in [9.17, 15) is 0 Å². The minimum absolute atomic E-state index is 0.539. The molecule has 0 atom stereocenters. The maximum atomic E-state index is 5.87. The Balaban J connectivity index is 2.14. The second kappa shape index (κ2) is 3.50. The lowest BCUT2D eigenvalue weighted by Gasteiger charge is -2.27. The van der Waals surface area contributed by atoms with Crippen LogP contribution in [0, 0.1) is 6.92 Å². The van der Waals surface area contributed by atoms with Gasteiger partial charge in [-0.05, 0) is 26.2 Å². The van der Waals surface area contributed by atoms with Crippen molar-refractivity contribution in [1.82, 2.24) is 9.97 Å². The predicted octanol–water partition coefficient (Wildman–Crippen LogP) is 2.40. The zero-order valence-electron chi connectivity index (χ0n) is 7.55. The van der Waals surface area contributed by atoms with Crippen molar-refractivity contribution in [3.63, 3.8) is 0 Å². The fourth-order valence-electron chi connectivity index (χ4n) is 1.32. The van der Waals surface area contributed by atoms with Crippen LogP contribution in [0.2, 0.25) is 5.15 Å². The van der Waals surface area contributed by atoms with Crippen LogP contribution in [0.1, 0.15) is 24.8 Å². The van der Waals surface area contributed by atoms with Gasteiger partial charge in [-0.15, -0.1) is 0 Å². The Morgan fingerprint density at radius 1 is 1.46 bits per heavy atom. The number of rotatable bonds is 2. The van der Waals surface area contributed by atoms with E-state index in [1.165, 1.54) is 25.6 Å². The lowest BCUT2D eigenvalue weighted by atomic mass is 9.93. The van der Waals surface area contributed by atoms with E-state index in [-0.39, 0.29) is 0 Å². The monoisotopic (exact) mass is 197 g/mol. The highest BCUT2D eigenvalue weighted by Crippen LogP contribution is 2.25. The normalized spacial score (nSPS) is 16.8. The third-order valence-electron chi connectivity index (χ3n) is 2.47. The number of hydrogen-bond acceptors (Lipinski definition) is 3. The first-order valence-electron chi connectivity index (χ1n) is 4.51. The zero-order chi connectivity index (χ0) is 9.26. The SMILES string of the molecule is Cc1c(Cl)ncnc1NC1CCC1. The summed E-state index contributed by atoms with van der Waals surface area (Å²) in [6.07, 6.45) is 5.29. The van der Waals surface area contributed by atoms with Gasteiger partial charge in [-0.1, -0.05) is 11.6 Å². The van der Waals surface area contributed by atoms with Crippen LogP contribution in [0.4, 0.5) is 5.82 Å². The van der Waals surface area contributed by atoms with Gasteiger partial charge in [0.25, 0.3) is 0 Å². The van der Waals surface area contributed by atoms with Crippen molar-refractivity contribution in [2.45, 2.75) is 32.2 Å². The molecule has 3 nitrogen and oxygen atoms in total. The Hall–Kier alpha value is -0.830. The van der Waals surface area contributed by atoms with Crippen LogP contribution in [0.3, 0.4) is 0 Å². The number of aromatic nitrogens is 2. The first kappa shape index (κ1) is 8.75. The zero-order valence-corrected chi connectivity index (χ0v) is 8.30. The van der Waals surface area contributed by atoms with E-state index < -0.39 is 0 Å². The number of anilines is 1. The largest absolute Gasteiger partial charge is 0.367 e. The van der Waals surface area contributed by atoms with Gasteiger partial charge in [0, 0.05) is 11.6 Å². The summed E-state index contributed by atoms with van der Waals surface area (Å²) in [7, 11) is 0. The van der Waals surface area contributed by atoms with Crippen LogP contribution in [-0.4, -0.2) is 16.0 Å². The van der Waals surface area contributed by atoms with E-state index in [0.29, 0.717) is 11.2 Å². The molecule has 1 aliphatic carbocycles. The van der Waals surface area contributed by atoms with Crippen molar-refractivity contribution < 1.29 is 0 Å². The van der Waals surface area contributed by atoms with Crippen molar-refractivity contribution in [2.24, 2.45) is 0 Å². The van der Waals surface area contributed by atoms with Gasteiger partial charge in [-0.2, -0.15) is 0 Å². The molecular weight excluding hydrogens is 186 g/mol. The van der Waals surface area contributed by atoms with Gasteiger partial charge in [0.1, 0.15) is 17.3 Å². The molecule has 2 rings (SSSR count). The van der Waals surface area contributed by atoms with Crippen LogP contribution in [0.15, 0.2) is 6.33 Å². The minimum atomic E-state index is 0.539. The first-order chi connectivity index (χ1) is 6.27. The number of nitrogens with one attached hydrogen (secondary N) is 1. The molecule has 1 aromatic heterocycles. The van der Waals surface area contributed by atoms with E-state index in [2.05, 4.69) is 15.3 Å². The van der Waals surface area contributed by atoms with Crippen LogP contribution < -0.4 is 5.32 Å². The molecule has 4 heteroatoms. The topological polar surface area (TPSA) is 37.8 Å². The average Bonchev–Trinajstić information content (AvgIpc) is 2.04. The standard InChI is InChI=1S/C9H12ClN3/c1-6-8(10)11-5-12-9(6)13-7-3-2-4-7/h5,7H,2-4H2,1H3,(H,11,12,13). The van der Waals surface area contributed by atoms with Gasteiger partial charge >= 0.3 is 0 Å². The lowest BCUT2D eigenvalue weighted by Crippen LogP contribution is -2.27. The Morgan fingerprint density at radius 2 is 2.23 bits per heavy atom. The summed E-state index contributed by atoms with van der Waals surface area (Å²) in [4.78, 5) is 8.06.